The molecule has 2 amide bonds. The first-order valence-corrected chi connectivity index (χ1v) is 14.7. The van der Waals surface area contributed by atoms with E-state index in [1.807, 2.05) is 13.8 Å². The Morgan fingerprint density at radius 3 is 2.24 bits per heavy atom. The molecule has 0 saturated carbocycles. The van der Waals surface area contributed by atoms with Crippen molar-refractivity contribution in [2.75, 3.05) is 47.8 Å². The highest BCUT2D eigenvalue weighted by atomic mass is 19.4. The van der Waals surface area contributed by atoms with Crippen LogP contribution in [-0.4, -0.2) is 83.4 Å². The minimum Gasteiger partial charge on any atom is -0.458 e. The molecule has 1 fully saturated rings. The van der Waals surface area contributed by atoms with Crippen LogP contribution in [0.2, 0.25) is 0 Å². The number of benzene rings is 1. The van der Waals surface area contributed by atoms with Gasteiger partial charge in [0.25, 0.3) is 0 Å². The molecule has 0 unspecified atom stereocenters. The van der Waals surface area contributed by atoms with E-state index in [1.54, 1.807) is 54.8 Å². The number of carbonyl (C=O) groups excluding carboxylic acids is 3. The molecular weight excluding hydrogens is 593 g/mol. The molecule has 45 heavy (non-hydrogen) atoms. The van der Waals surface area contributed by atoms with Gasteiger partial charge < -0.3 is 24.6 Å². The summed E-state index contributed by atoms with van der Waals surface area (Å²) in [7, 11) is 0. The van der Waals surface area contributed by atoms with Gasteiger partial charge in [-0.25, -0.2) is 14.6 Å². The fourth-order valence-electron chi connectivity index (χ4n) is 4.56. The number of terminal acetylenes is 1. The number of likely N-dealkylation sites (tertiary alicyclic amines) is 1. The molecule has 0 bridgehead atoms. The Bertz CT molecular complexity index is 1380. The van der Waals surface area contributed by atoms with Gasteiger partial charge in [-0.3, -0.25) is 9.69 Å². The number of amides is 2. The Morgan fingerprint density at radius 1 is 1.09 bits per heavy atom. The number of carbonyl (C=O) groups is 3. The highest BCUT2D eigenvalue weighted by molar-refractivity contribution is 6.00. The maximum atomic E-state index is 13.6. The van der Waals surface area contributed by atoms with Crippen LogP contribution in [0.1, 0.15) is 53.0 Å². The molecule has 0 radical (unpaired) electrons. The zero-order valence-corrected chi connectivity index (χ0v) is 26.1. The van der Waals surface area contributed by atoms with Crippen LogP contribution in [0.15, 0.2) is 30.5 Å². The lowest BCUT2D eigenvalue weighted by Crippen LogP contribution is -2.43. The van der Waals surface area contributed by atoms with Crippen LogP contribution >= 0.6 is 0 Å². The van der Waals surface area contributed by atoms with E-state index >= 15 is 0 Å². The number of nitrogens with zero attached hydrogens (tertiary/aromatic N) is 5. The average Bonchev–Trinajstić information content (AvgIpc) is 3.51. The second-order valence-corrected chi connectivity index (χ2v) is 11.3. The van der Waals surface area contributed by atoms with Crippen molar-refractivity contribution in [3.8, 4) is 18.1 Å². The van der Waals surface area contributed by atoms with Crippen molar-refractivity contribution in [1.82, 2.24) is 14.9 Å². The lowest BCUT2D eigenvalue weighted by atomic mass is 10.0. The summed E-state index contributed by atoms with van der Waals surface area (Å²) in [4.78, 5) is 50.6. The van der Waals surface area contributed by atoms with Gasteiger partial charge in [-0.05, 0) is 65.2 Å². The fraction of sp³-hybridized carbons (Fsp3) is 0.516. The third kappa shape index (κ3) is 9.72. The number of esters is 1. The van der Waals surface area contributed by atoms with Crippen molar-refractivity contribution < 1.29 is 37.0 Å². The third-order valence-electron chi connectivity index (χ3n) is 6.77. The number of aromatic nitrogens is 2. The Morgan fingerprint density at radius 2 is 1.71 bits per heavy atom. The molecule has 2 heterocycles. The summed E-state index contributed by atoms with van der Waals surface area (Å²) < 4.78 is 51.8. The highest BCUT2D eigenvalue weighted by Gasteiger charge is 2.44. The van der Waals surface area contributed by atoms with Gasteiger partial charge in [0.15, 0.2) is 5.82 Å². The average molecular weight is 633 g/mol. The number of halogens is 3. The first-order valence-electron chi connectivity index (χ1n) is 14.7. The monoisotopic (exact) mass is 632 g/mol. The van der Waals surface area contributed by atoms with E-state index in [4.69, 9.17) is 15.9 Å². The number of nitrogens with one attached hydrogen (secondary N) is 1. The second-order valence-electron chi connectivity index (χ2n) is 11.3. The predicted octanol–water partition coefficient (Wildman–Crippen LogP) is 4.81. The molecule has 11 nitrogen and oxygen atoms in total. The van der Waals surface area contributed by atoms with Gasteiger partial charge in [-0.15, -0.1) is 6.42 Å². The maximum absolute atomic E-state index is 13.6. The van der Waals surface area contributed by atoms with Crippen LogP contribution in [0.25, 0.3) is 0 Å². The zero-order chi connectivity index (χ0) is 33.4. The van der Waals surface area contributed by atoms with Gasteiger partial charge in [0, 0.05) is 32.6 Å². The van der Waals surface area contributed by atoms with E-state index in [9.17, 15) is 27.6 Å². The van der Waals surface area contributed by atoms with E-state index in [-0.39, 0.29) is 23.9 Å². The maximum Gasteiger partial charge on any atom is 0.471 e. The van der Waals surface area contributed by atoms with Crippen molar-refractivity contribution in [2.24, 2.45) is 0 Å². The zero-order valence-electron chi connectivity index (χ0n) is 26.1. The lowest BCUT2D eigenvalue weighted by molar-refractivity contribution is -0.170. The number of anilines is 3. The van der Waals surface area contributed by atoms with Crippen molar-refractivity contribution in [3.05, 3.63) is 36.0 Å². The highest BCUT2D eigenvalue weighted by Crippen LogP contribution is 2.31. The van der Waals surface area contributed by atoms with Gasteiger partial charge >= 0.3 is 24.1 Å². The molecule has 14 heteroatoms. The van der Waals surface area contributed by atoms with Gasteiger partial charge in [0.05, 0.1) is 12.7 Å². The molecule has 0 aliphatic carbocycles. The normalized spacial score (nSPS) is 13.9. The molecular formula is C31H39F3N6O5. The Labute approximate surface area is 261 Å². The Kier molecular flexibility index (Phi) is 11.6. The molecule has 1 N–H and O–H groups in total. The molecule has 1 atom stereocenters. The largest absolute Gasteiger partial charge is 0.471 e. The van der Waals surface area contributed by atoms with E-state index in [2.05, 4.69) is 21.2 Å². The van der Waals surface area contributed by atoms with Crippen LogP contribution in [0.5, 0.6) is 5.75 Å². The Hall–Kier alpha value is -4.54. The summed E-state index contributed by atoms with van der Waals surface area (Å²) in [5.74, 6) is -0.594. The topological polar surface area (TPSA) is 117 Å². The van der Waals surface area contributed by atoms with Gasteiger partial charge in [0.2, 0.25) is 5.95 Å². The van der Waals surface area contributed by atoms with Crippen molar-refractivity contribution in [3.63, 3.8) is 0 Å². The summed E-state index contributed by atoms with van der Waals surface area (Å²) in [6, 6.07) is 5.31. The molecule has 1 aromatic heterocycles. The summed E-state index contributed by atoms with van der Waals surface area (Å²) in [5, 5.41) is 2.92. The number of rotatable bonds is 11. The molecule has 244 valence electrons. The molecule has 1 saturated heterocycles. The van der Waals surface area contributed by atoms with Crippen LogP contribution < -0.4 is 19.9 Å². The SMILES string of the molecule is C#CCN(C(=O)C(F)(F)F)c1cnc(N(CC)CC)nc1N[C@@H](Cc1ccc(OC(=O)N2CCCC2)cc1)C(=O)OC(C)(C)C. The molecule has 1 aliphatic heterocycles. The minimum atomic E-state index is -5.24. The predicted molar refractivity (Wildman–Crippen MR) is 163 cm³/mol. The number of ether oxygens (including phenoxy) is 2. The number of hydrogen-bond donors (Lipinski definition) is 1. The summed E-state index contributed by atoms with van der Waals surface area (Å²) in [6.07, 6.45) is 2.55. The van der Waals surface area contributed by atoms with Crippen molar-refractivity contribution in [1.29, 1.82) is 0 Å². The lowest BCUT2D eigenvalue weighted by Gasteiger charge is -2.28. The summed E-state index contributed by atoms with van der Waals surface area (Å²) in [6.45, 7) is 10.2. The van der Waals surface area contributed by atoms with E-state index in [1.165, 1.54) is 0 Å². The van der Waals surface area contributed by atoms with Gasteiger partial charge in [-0.1, -0.05) is 18.1 Å². The fourth-order valence-corrected chi connectivity index (χ4v) is 4.56. The second kappa shape index (κ2) is 15.0. The Balaban J connectivity index is 2.00. The molecule has 1 aromatic carbocycles. The standard InChI is InChI=1S/C31H39F3N6O5/c1-7-16-40(27(42)31(32,33)34)24-20-35-28(38(8-2)9-3)37-25(24)36-23(26(41)45-30(4,5)6)19-21-12-14-22(15-13-21)44-29(43)39-17-10-11-18-39/h1,12-15,20,23H,8-11,16-19H2,2-6H3,(H,35,36,37)/t23-/m0/s1. The summed E-state index contributed by atoms with van der Waals surface area (Å²) in [5.41, 5.74) is -0.637. The number of hydrogen-bond acceptors (Lipinski definition) is 9. The number of alkyl halides is 3. The van der Waals surface area contributed by atoms with E-state index < -0.39 is 42.3 Å². The van der Waals surface area contributed by atoms with Crippen molar-refractivity contribution >= 4 is 35.4 Å². The van der Waals surface area contributed by atoms with E-state index in [0.29, 0.717) is 42.4 Å². The first-order chi connectivity index (χ1) is 21.2. The molecule has 1 aliphatic rings. The molecule has 0 spiro atoms. The van der Waals surface area contributed by atoms with Crippen LogP contribution in [0.4, 0.5) is 35.4 Å². The summed E-state index contributed by atoms with van der Waals surface area (Å²) >= 11 is 0. The van der Waals surface area contributed by atoms with Crippen LogP contribution in [0, 0.1) is 12.3 Å². The third-order valence-corrected chi connectivity index (χ3v) is 6.77. The molecule has 3 rings (SSSR count). The quantitative estimate of drug-likeness (QED) is 0.275. The minimum absolute atomic E-state index is 0.00165. The smallest absolute Gasteiger partial charge is 0.458 e. The van der Waals surface area contributed by atoms with Crippen molar-refractivity contribution in [2.45, 2.75) is 71.7 Å². The first kappa shape index (κ1) is 34.9. The van der Waals surface area contributed by atoms with E-state index in [0.717, 1.165) is 19.0 Å². The van der Waals surface area contributed by atoms with Gasteiger partial charge in [-0.2, -0.15) is 18.2 Å². The van der Waals surface area contributed by atoms with Crippen LogP contribution in [-0.2, 0) is 20.7 Å². The van der Waals surface area contributed by atoms with Gasteiger partial charge in [0.1, 0.15) is 23.1 Å². The van der Waals surface area contributed by atoms with Crippen LogP contribution in [0.3, 0.4) is 0 Å². The molecule has 2 aromatic rings.